The summed E-state index contributed by atoms with van der Waals surface area (Å²) in [5.74, 6) is 0.884. The van der Waals surface area contributed by atoms with Gasteiger partial charge < -0.3 is 14.8 Å². The van der Waals surface area contributed by atoms with E-state index in [2.05, 4.69) is 5.32 Å². The first-order valence-corrected chi connectivity index (χ1v) is 8.24. The number of nitrogens with one attached hydrogen (secondary N) is 1. The van der Waals surface area contributed by atoms with E-state index >= 15 is 0 Å². The van der Waals surface area contributed by atoms with Gasteiger partial charge in [-0.25, -0.2) is 0 Å². The van der Waals surface area contributed by atoms with Gasteiger partial charge in [0, 0.05) is 6.04 Å². The number of rotatable bonds is 5. The molecule has 0 aromatic heterocycles. The van der Waals surface area contributed by atoms with Crippen LogP contribution in [-0.4, -0.2) is 26.2 Å². The molecule has 1 fully saturated rings. The molecule has 1 aliphatic rings. The quantitative estimate of drug-likeness (QED) is 0.664. The van der Waals surface area contributed by atoms with E-state index in [0.717, 1.165) is 36.8 Å². The van der Waals surface area contributed by atoms with Crippen LogP contribution in [0.1, 0.15) is 43.2 Å². The number of amides is 1. The summed E-state index contributed by atoms with van der Waals surface area (Å²) < 4.78 is 10.6. The van der Waals surface area contributed by atoms with Crippen LogP contribution in [0.25, 0.3) is 6.08 Å². The number of aryl methyl sites for hydroxylation is 1. The second-order valence-corrected chi connectivity index (χ2v) is 6.04. The third-order valence-corrected chi connectivity index (χ3v) is 4.38. The Morgan fingerprint density at radius 2 is 1.83 bits per heavy atom. The maximum absolute atomic E-state index is 12.4. The molecule has 1 N–H and O–H groups in total. The minimum atomic E-state index is -0.307. The van der Waals surface area contributed by atoms with Gasteiger partial charge in [0.2, 0.25) is 0 Å². The number of carbonyl (C=O) groups excluding carboxylic acids is 1. The molecule has 0 spiro atoms. The molecule has 1 aromatic carbocycles. The minimum absolute atomic E-state index is 0.107. The Kier molecular flexibility index (Phi) is 6.25. The predicted molar refractivity (Wildman–Crippen MR) is 92.9 cm³/mol. The van der Waals surface area contributed by atoms with Crippen molar-refractivity contribution in [2.45, 2.75) is 45.1 Å². The van der Waals surface area contributed by atoms with Crippen molar-refractivity contribution in [2.24, 2.45) is 0 Å². The molecule has 0 heterocycles. The summed E-state index contributed by atoms with van der Waals surface area (Å²) in [6.07, 6.45) is 7.06. The van der Waals surface area contributed by atoms with Crippen LogP contribution in [0.3, 0.4) is 0 Å². The van der Waals surface area contributed by atoms with E-state index in [1.807, 2.05) is 19.1 Å². The summed E-state index contributed by atoms with van der Waals surface area (Å²) >= 11 is 0. The van der Waals surface area contributed by atoms with Gasteiger partial charge in [0.25, 0.3) is 5.91 Å². The van der Waals surface area contributed by atoms with E-state index < -0.39 is 0 Å². The third kappa shape index (κ3) is 4.29. The fourth-order valence-electron chi connectivity index (χ4n) is 2.97. The van der Waals surface area contributed by atoms with Crippen molar-refractivity contribution in [1.29, 1.82) is 5.26 Å². The highest BCUT2D eigenvalue weighted by atomic mass is 16.5. The first kappa shape index (κ1) is 17.9. The zero-order valence-electron chi connectivity index (χ0n) is 14.5. The Morgan fingerprint density at radius 1 is 1.21 bits per heavy atom. The Bertz CT molecular complexity index is 668. The molecule has 1 saturated carbocycles. The van der Waals surface area contributed by atoms with E-state index in [-0.39, 0.29) is 17.5 Å². The molecule has 5 nitrogen and oxygen atoms in total. The summed E-state index contributed by atoms with van der Waals surface area (Å²) in [6.45, 7) is 1.90. The molecule has 2 rings (SSSR count). The maximum Gasteiger partial charge on any atom is 0.262 e. The summed E-state index contributed by atoms with van der Waals surface area (Å²) in [5.41, 5.74) is 1.78. The van der Waals surface area contributed by atoms with Crippen LogP contribution in [0.15, 0.2) is 17.7 Å². The number of methoxy groups -OCH3 is 2. The van der Waals surface area contributed by atoms with Gasteiger partial charge in [-0.2, -0.15) is 5.26 Å². The van der Waals surface area contributed by atoms with E-state index in [4.69, 9.17) is 9.47 Å². The molecule has 24 heavy (non-hydrogen) atoms. The van der Waals surface area contributed by atoms with Crippen LogP contribution >= 0.6 is 0 Å². The lowest BCUT2D eigenvalue weighted by Gasteiger charge is -2.22. The summed E-state index contributed by atoms with van der Waals surface area (Å²) in [5, 5.41) is 12.3. The topological polar surface area (TPSA) is 71.3 Å². The fourth-order valence-corrected chi connectivity index (χ4v) is 2.97. The molecule has 1 aliphatic carbocycles. The van der Waals surface area contributed by atoms with Crippen molar-refractivity contribution in [1.82, 2.24) is 5.32 Å². The lowest BCUT2D eigenvalue weighted by Crippen LogP contribution is -2.36. The van der Waals surface area contributed by atoms with Gasteiger partial charge in [-0.05, 0) is 49.1 Å². The van der Waals surface area contributed by atoms with Crippen LogP contribution in [0, 0.1) is 18.3 Å². The number of nitriles is 1. The molecule has 0 saturated heterocycles. The van der Waals surface area contributed by atoms with Crippen molar-refractivity contribution in [2.75, 3.05) is 14.2 Å². The average Bonchev–Trinajstić information content (AvgIpc) is 2.61. The van der Waals surface area contributed by atoms with Crippen LogP contribution in [0.2, 0.25) is 0 Å². The zero-order chi connectivity index (χ0) is 17.5. The number of carbonyl (C=O) groups is 1. The Labute approximate surface area is 143 Å². The lowest BCUT2D eigenvalue weighted by molar-refractivity contribution is -0.117. The first-order chi connectivity index (χ1) is 11.6. The molecule has 0 aliphatic heterocycles. The molecule has 5 heteroatoms. The Hall–Kier alpha value is -2.48. The van der Waals surface area contributed by atoms with Gasteiger partial charge >= 0.3 is 0 Å². The number of hydrogen-bond acceptors (Lipinski definition) is 4. The fraction of sp³-hybridized carbons (Fsp3) is 0.474. The minimum Gasteiger partial charge on any atom is -0.493 e. The van der Waals surface area contributed by atoms with Crippen LogP contribution in [-0.2, 0) is 4.79 Å². The van der Waals surface area contributed by atoms with Crippen LogP contribution in [0.5, 0.6) is 11.5 Å². The summed E-state index contributed by atoms with van der Waals surface area (Å²) in [4.78, 5) is 12.4. The normalized spacial score (nSPS) is 15.5. The van der Waals surface area contributed by atoms with Crippen molar-refractivity contribution in [3.8, 4) is 17.6 Å². The number of benzene rings is 1. The monoisotopic (exact) mass is 328 g/mol. The zero-order valence-corrected chi connectivity index (χ0v) is 14.5. The van der Waals surface area contributed by atoms with Gasteiger partial charge in [-0.1, -0.05) is 19.3 Å². The van der Waals surface area contributed by atoms with Crippen molar-refractivity contribution in [3.63, 3.8) is 0 Å². The number of ether oxygens (including phenoxy) is 2. The predicted octanol–water partition coefficient (Wildman–Crippen LogP) is 3.37. The third-order valence-electron chi connectivity index (χ3n) is 4.38. The maximum atomic E-state index is 12.4. The van der Waals surface area contributed by atoms with Crippen molar-refractivity contribution in [3.05, 3.63) is 28.8 Å². The molecular formula is C19H24N2O3. The second-order valence-electron chi connectivity index (χ2n) is 6.04. The molecule has 0 radical (unpaired) electrons. The summed E-state index contributed by atoms with van der Waals surface area (Å²) in [6, 6.07) is 5.79. The standard InChI is InChI=1S/C19H24N2O3/c1-13-9-17(23-2)18(24-3)11-14(13)10-15(12-20)19(22)21-16-7-5-4-6-8-16/h9-11,16H,4-8H2,1-3H3,(H,21,22)/b15-10-. The molecule has 1 aromatic rings. The highest BCUT2D eigenvalue weighted by Crippen LogP contribution is 2.31. The molecular weight excluding hydrogens is 304 g/mol. The molecule has 1 amide bonds. The van der Waals surface area contributed by atoms with Gasteiger partial charge in [0.1, 0.15) is 11.6 Å². The Balaban J connectivity index is 2.23. The Morgan fingerprint density at radius 3 is 2.42 bits per heavy atom. The SMILES string of the molecule is COc1cc(C)c(/C=C(/C#N)C(=O)NC2CCCCC2)cc1OC. The van der Waals surface area contributed by atoms with Crippen LogP contribution in [0.4, 0.5) is 0 Å². The first-order valence-electron chi connectivity index (χ1n) is 8.24. The molecule has 0 unspecified atom stereocenters. The molecule has 0 bridgehead atoms. The molecule has 128 valence electrons. The van der Waals surface area contributed by atoms with Crippen LogP contribution < -0.4 is 14.8 Å². The largest absolute Gasteiger partial charge is 0.493 e. The van der Waals surface area contributed by atoms with Gasteiger partial charge in [0.05, 0.1) is 14.2 Å². The highest BCUT2D eigenvalue weighted by Gasteiger charge is 2.18. The van der Waals surface area contributed by atoms with Gasteiger partial charge in [-0.3, -0.25) is 4.79 Å². The van der Waals surface area contributed by atoms with E-state index in [1.165, 1.54) is 6.42 Å². The lowest BCUT2D eigenvalue weighted by atomic mass is 9.95. The highest BCUT2D eigenvalue weighted by molar-refractivity contribution is 6.02. The van der Waals surface area contributed by atoms with E-state index in [0.29, 0.717) is 11.5 Å². The number of nitrogens with zero attached hydrogens (tertiary/aromatic N) is 1. The number of hydrogen-bond donors (Lipinski definition) is 1. The molecule has 0 atom stereocenters. The van der Waals surface area contributed by atoms with E-state index in [1.54, 1.807) is 26.4 Å². The average molecular weight is 328 g/mol. The van der Waals surface area contributed by atoms with Crippen molar-refractivity contribution >= 4 is 12.0 Å². The van der Waals surface area contributed by atoms with Gasteiger partial charge in [0.15, 0.2) is 11.5 Å². The summed E-state index contributed by atoms with van der Waals surface area (Å²) in [7, 11) is 3.13. The smallest absolute Gasteiger partial charge is 0.262 e. The van der Waals surface area contributed by atoms with E-state index in [9.17, 15) is 10.1 Å². The van der Waals surface area contributed by atoms with Crippen molar-refractivity contribution < 1.29 is 14.3 Å². The van der Waals surface area contributed by atoms with Gasteiger partial charge in [-0.15, -0.1) is 0 Å². The second kappa shape index (κ2) is 8.39.